The molecule has 0 amide bonds. The van der Waals surface area contributed by atoms with Crippen molar-refractivity contribution in [3.05, 3.63) is 77.5 Å². The summed E-state index contributed by atoms with van der Waals surface area (Å²) in [6, 6.07) is 12.0. The van der Waals surface area contributed by atoms with Crippen LogP contribution in [-0.4, -0.2) is 32.9 Å². The quantitative estimate of drug-likeness (QED) is 0.680. The number of hydrogen-bond donors (Lipinski definition) is 0. The standard InChI is InChI=1S/C21H21ClN4/c22-19-5-1-3-17(13-19)20-21(25-11-10-24-20)18-4-2-12-26(15-18)14-16-6-8-23-9-7-16/h1,3,5-11,13,18H,2,4,12,14-15H2/t18-/m0/s1. The fraction of sp³-hybridized carbons (Fsp3) is 0.286. The number of likely N-dealkylation sites (tertiary alicyclic amines) is 1. The summed E-state index contributed by atoms with van der Waals surface area (Å²) >= 11 is 6.18. The van der Waals surface area contributed by atoms with E-state index in [1.165, 1.54) is 12.0 Å². The third kappa shape index (κ3) is 3.92. The van der Waals surface area contributed by atoms with E-state index in [-0.39, 0.29) is 0 Å². The van der Waals surface area contributed by atoms with Crippen LogP contribution in [0.5, 0.6) is 0 Å². The largest absolute Gasteiger partial charge is 0.298 e. The van der Waals surface area contributed by atoms with Crippen LogP contribution in [-0.2, 0) is 6.54 Å². The van der Waals surface area contributed by atoms with Crippen LogP contribution in [0.1, 0.15) is 30.0 Å². The Hall–Kier alpha value is -2.30. The highest BCUT2D eigenvalue weighted by Gasteiger charge is 2.25. The second kappa shape index (κ2) is 7.94. The van der Waals surface area contributed by atoms with Gasteiger partial charge in [-0.25, -0.2) is 0 Å². The SMILES string of the molecule is Clc1cccc(-c2nccnc2[C@H]2CCCN(Cc3ccncc3)C2)c1. The molecule has 0 radical (unpaired) electrons. The molecule has 1 fully saturated rings. The Balaban J connectivity index is 1.57. The first-order valence-corrected chi connectivity index (χ1v) is 9.35. The first kappa shape index (κ1) is 17.1. The van der Waals surface area contributed by atoms with Crippen LogP contribution in [0.3, 0.4) is 0 Å². The average Bonchev–Trinajstić information content (AvgIpc) is 2.69. The zero-order valence-corrected chi connectivity index (χ0v) is 15.3. The van der Waals surface area contributed by atoms with Gasteiger partial charge in [0, 0.05) is 54.4 Å². The predicted molar refractivity (Wildman–Crippen MR) is 104 cm³/mol. The smallest absolute Gasteiger partial charge is 0.0921 e. The van der Waals surface area contributed by atoms with Crippen LogP contribution in [0, 0.1) is 0 Å². The Kier molecular flexibility index (Phi) is 5.23. The van der Waals surface area contributed by atoms with Gasteiger partial charge in [-0.3, -0.25) is 19.9 Å². The molecule has 1 saturated heterocycles. The van der Waals surface area contributed by atoms with Crippen LogP contribution in [0.2, 0.25) is 5.02 Å². The third-order valence-corrected chi connectivity index (χ3v) is 5.11. The lowest BCUT2D eigenvalue weighted by Gasteiger charge is -2.33. The number of halogens is 1. The summed E-state index contributed by atoms with van der Waals surface area (Å²) < 4.78 is 0. The molecule has 4 nitrogen and oxygen atoms in total. The molecule has 1 aromatic carbocycles. The number of piperidine rings is 1. The minimum absolute atomic E-state index is 0.383. The van der Waals surface area contributed by atoms with Crippen LogP contribution in [0.15, 0.2) is 61.2 Å². The molecule has 1 aliphatic heterocycles. The van der Waals surface area contributed by atoms with Gasteiger partial charge < -0.3 is 0 Å². The van der Waals surface area contributed by atoms with Gasteiger partial charge >= 0.3 is 0 Å². The van der Waals surface area contributed by atoms with Gasteiger partial charge in [-0.05, 0) is 49.2 Å². The summed E-state index contributed by atoms with van der Waals surface area (Å²) in [6.45, 7) is 3.06. The molecular formula is C21H21ClN4. The lowest BCUT2D eigenvalue weighted by atomic mass is 9.91. The fourth-order valence-corrected chi connectivity index (χ4v) is 3.86. The Morgan fingerprint density at radius 3 is 2.73 bits per heavy atom. The fourth-order valence-electron chi connectivity index (χ4n) is 3.67. The molecule has 4 rings (SSSR count). The molecule has 0 spiro atoms. The summed E-state index contributed by atoms with van der Waals surface area (Å²) in [4.78, 5) is 15.9. The summed E-state index contributed by atoms with van der Waals surface area (Å²) in [5, 5.41) is 0.724. The summed E-state index contributed by atoms with van der Waals surface area (Å²) in [7, 11) is 0. The number of rotatable bonds is 4. The summed E-state index contributed by atoms with van der Waals surface area (Å²) in [5.41, 5.74) is 4.36. The van der Waals surface area contributed by atoms with Crippen molar-refractivity contribution in [3.63, 3.8) is 0 Å². The van der Waals surface area contributed by atoms with Gasteiger partial charge in [-0.2, -0.15) is 0 Å². The highest BCUT2D eigenvalue weighted by molar-refractivity contribution is 6.30. The monoisotopic (exact) mass is 364 g/mol. The maximum atomic E-state index is 6.18. The molecule has 5 heteroatoms. The second-order valence-electron chi connectivity index (χ2n) is 6.73. The summed E-state index contributed by atoms with van der Waals surface area (Å²) in [6.07, 6.45) is 9.58. The highest BCUT2D eigenvalue weighted by Crippen LogP contribution is 2.32. The predicted octanol–water partition coefficient (Wildman–Crippen LogP) is 4.57. The highest BCUT2D eigenvalue weighted by atomic mass is 35.5. The average molecular weight is 365 g/mol. The first-order chi connectivity index (χ1) is 12.8. The molecule has 1 atom stereocenters. The van der Waals surface area contributed by atoms with Gasteiger partial charge in [0.15, 0.2) is 0 Å². The molecule has 1 aliphatic rings. The van der Waals surface area contributed by atoms with Gasteiger partial charge in [0.25, 0.3) is 0 Å². The first-order valence-electron chi connectivity index (χ1n) is 8.98. The van der Waals surface area contributed by atoms with Crippen molar-refractivity contribution in [1.82, 2.24) is 19.9 Å². The van der Waals surface area contributed by atoms with Gasteiger partial charge in [-0.1, -0.05) is 23.7 Å². The topological polar surface area (TPSA) is 41.9 Å². The minimum Gasteiger partial charge on any atom is -0.298 e. The van der Waals surface area contributed by atoms with Crippen LogP contribution in [0.4, 0.5) is 0 Å². The lowest BCUT2D eigenvalue weighted by molar-refractivity contribution is 0.198. The molecule has 2 aromatic heterocycles. The number of nitrogens with zero attached hydrogens (tertiary/aromatic N) is 4. The lowest BCUT2D eigenvalue weighted by Crippen LogP contribution is -2.34. The van der Waals surface area contributed by atoms with E-state index in [1.807, 2.05) is 30.6 Å². The van der Waals surface area contributed by atoms with E-state index in [2.05, 4.69) is 33.1 Å². The van der Waals surface area contributed by atoms with Gasteiger partial charge in [0.1, 0.15) is 0 Å². The Morgan fingerprint density at radius 1 is 1.04 bits per heavy atom. The normalized spacial score (nSPS) is 18.0. The number of benzene rings is 1. The molecule has 3 heterocycles. The van der Waals surface area contributed by atoms with E-state index in [0.717, 1.165) is 48.0 Å². The van der Waals surface area contributed by atoms with E-state index >= 15 is 0 Å². The van der Waals surface area contributed by atoms with Gasteiger partial charge in [-0.15, -0.1) is 0 Å². The van der Waals surface area contributed by atoms with Crippen molar-refractivity contribution in [2.75, 3.05) is 13.1 Å². The van der Waals surface area contributed by atoms with E-state index in [1.54, 1.807) is 12.4 Å². The van der Waals surface area contributed by atoms with Gasteiger partial charge in [0.05, 0.1) is 11.4 Å². The molecule has 26 heavy (non-hydrogen) atoms. The maximum absolute atomic E-state index is 6.18. The Bertz CT molecular complexity index is 869. The molecule has 0 saturated carbocycles. The molecule has 3 aromatic rings. The van der Waals surface area contributed by atoms with E-state index in [4.69, 9.17) is 16.6 Å². The van der Waals surface area contributed by atoms with Crippen molar-refractivity contribution in [1.29, 1.82) is 0 Å². The van der Waals surface area contributed by atoms with E-state index < -0.39 is 0 Å². The van der Waals surface area contributed by atoms with Crippen LogP contribution >= 0.6 is 11.6 Å². The Labute approximate surface area is 158 Å². The van der Waals surface area contributed by atoms with Crippen molar-refractivity contribution < 1.29 is 0 Å². The maximum Gasteiger partial charge on any atom is 0.0921 e. The third-order valence-electron chi connectivity index (χ3n) is 4.87. The van der Waals surface area contributed by atoms with Crippen molar-refractivity contribution >= 4 is 11.6 Å². The van der Waals surface area contributed by atoms with Gasteiger partial charge in [0.2, 0.25) is 0 Å². The minimum atomic E-state index is 0.383. The van der Waals surface area contributed by atoms with E-state index in [0.29, 0.717) is 5.92 Å². The molecule has 132 valence electrons. The van der Waals surface area contributed by atoms with E-state index in [9.17, 15) is 0 Å². The zero-order valence-electron chi connectivity index (χ0n) is 14.6. The molecule has 0 unspecified atom stereocenters. The van der Waals surface area contributed by atoms with Crippen molar-refractivity contribution in [3.8, 4) is 11.3 Å². The molecule has 0 N–H and O–H groups in total. The number of aromatic nitrogens is 3. The molecule has 0 aliphatic carbocycles. The van der Waals surface area contributed by atoms with Crippen molar-refractivity contribution in [2.45, 2.75) is 25.3 Å². The zero-order chi connectivity index (χ0) is 17.8. The number of pyridine rings is 1. The van der Waals surface area contributed by atoms with Crippen LogP contribution in [0.25, 0.3) is 11.3 Å². The Morgan fingerprint density at radius 2 is 1.88 bits per heavy atom. The summed E-state index contributed by atoms with van der Waals surface area (Å²) in [5.74, 6) is 0.383. The second-order valence-corrected chi connectivity index (χ2v) is 7.17. The molecular weight excluding hydrogens is 344 g/mol. The molecule has 0 bridgehead atoms. The van der Waals surface area contributed by atoms with Crippen molar-refractivity contribution in [2.24, 2.45) is 0 Å². The number of hydrogen-bond acceptors (Lipinski definition) is 4. The van der Waals surface area contributed by atoms with Crippen LogP contribution < -0.4 is 0 Å².